The molecule has 1 fully saturated rings. The molecule has 2 amide bonds. The van der Waals surface area contributed by atoms with E-state index in [0.29, 0.717) is 23.4 Å². The number of urea groups is 1. The number of amides is 2. The first kappa shape index (κ1) is 30.4. The van der Waals surface area contributed by atoms with Gasteiger partial charge in [-0.25, -0.2) is 9.28 Å². The molecule has 0 aromatic heterocycles. The molecule has 40 heavy (non-hydrogen) atoms. The van der Waals surface area contributed by atoms with Gasteiger partial charge < -0.3 is 19.9 Å². The fourth-order valence-electron chi connectivity index (χ4n) is 6.19. The second-order valence-corrected chi connectivity index (χ2v) is 11.7. The monoisotopic (exact) mass is 552 g/mol. The maximum Gasteiger partial charge on any atom is 0.423 e. The smallest absolute Gasteiger partial charge is 0.423 e. The number of carbonyl (C=O) groups excluding carboxylic acids is 1. The van der Waals surface area contributed by atoms with Crippen LogP contribution < -0.4 is 19.7 Å². The summed E-state index contributed by atoms with van der Waals surface area (Å²) >= 11 is 0. The van der Waals surface area contributed by atoms with E-state index in [0.717, 1.165) is 82.6 Å². The lowest BCUT2D eigenvalue weighted by molar-refractivity contribution is -0.855. The lowest BCUT2D eigenvalue weighted by atomic mass is 10.00. The number of nitrogens with one attached hydrogen (secondary N) is 1. The quantitative estimate of drug-likeness (QED) is 0.250. The highest BCUT2D eigenvalue weighted by atomic mass is 16.6. The second-order valence-electron chi connectivity index (χ2n) is 11.7. The van der Waals surface area contributed by atoms with Gasteiger partial charge in [0.05, 0.1) is 25.3 Å². The number of hydrogen-bond donors (Lipinski definition) is 2. The molecular weight excluding hydrogens is 502 g/mol. The van der Waals surface area contributed by atoms with E-state index in [9.17, 15) is 9.90 Å². The molecule has 0 bridgehead atoms. The number of para-hydroxylation sites is 3. The van der Waals surface area contributed by atoms with Crippen LogP contribution in [0.5, 0.6) is 11.5 Å². The Labute approximate surface area is 241 Å². The number of fused-ring (bicyclic) bond motifs is 1. The molecule has 2 aliphatic heterocycles. The largest absolute Gasteiger partial charge is 0.486 e. The molecule has 2 heterocycles. The second kappa shape index (κ2) is 14.3. The van der Waals surface area contributed by atoms with Crippen LogP contribution in [-0.4, -0.2) is 73.2 Å². The summed E-state index contributed by atoms with van der Waals surface area (Å²) in [6.45, 7) is 12.7. The van der Waals surface area contributed by atoms with Crippen LogP contribution in [0.2, 0.25) is 0 Å². The number of carbonyl (C=O) groups is 1. The zero-order valence-electron chi connectivity index (χ0n) is 25.0. The first-order chi connectivity index (χ1) is 19.4. The zero-order chi connectivity index (χ0) is 28.5. The van der Waals surface area contributed by atoms with E-state index in [-0.39, 0.29) is 12.1 Å². The van der Waals surface area contributed by atoms with Crippen molar-refractivity contribution in [3.8, 4) is 11.5 Å². The Morgan fingerprint density at radius 1 is 1.00 bits per heavy atom. The lowest BCUT2D eigenvalue weighted by Crippen LogP contribution is -2.64. The van der Waals surface area contributed by atoms with Crippen LogP contribution in [0.15, 0.2) is 42.5 Å². The number of ether oxygens (including phenoxy) is 2. The summed E-state index contributed by atoms with van der Waals surface area (Å²) in [6.07, 6.45) is 6.14. The standard InChI is InChI=1S/C33H50N3O4/c1-5-7-11-20-36(33(38)35(19-8-6-2)32-25(3)13-12-14-26(32)4)21-17-27(18-22-36)34-23-28(37)31-24-39-29-15-9-10-16-30(29)40-31/h9-10,12-16,27-28,31,34,37H,5-8,11,17-24H2,1-4H3/q+1. The molecule has 220 valence electrons. The van der Waals surface area contributed by atoms with Crippen molar-refractivity contribution in [3.63, 3.8) is 0 Å². The molecule has 0 radical (unpaired) electrons. The average molecular weight is 553 g/mol. The van der Waals surface area contributed by atoms with E-state index >= 15 is 0 Å². The molecule has 2 aromatic rings. The third kappa shape index (κ3) is 7.17. The molecular formula is C33H50N3O4+. The van der Waals surface area contributed by atoms with E-state index in [1.165, 1.54) is 11.1 Å². The van der Waals surface area contributed by atoms with Crippen LogP contribution in [-0.2, 0) is 0 Å². The van der Waals surface area contributed by atoms with Gasteiger partial charge in [0.15, 0.2) is 17.6 Å². The van der Waals surface area contributed by atoms with Crippen LogP contribution in [0.1, 0.15) is 69.9 Å². The van der Waals surface area contributed by atoms with Crippen molar-refractivity contribution in [2.24, 2.45) is 0 Å². The lowest BCUT2D eigenvalue weighted by Gasteiger charge is -2.44. The highest BCUT2D eigenvalue weighted by molar-refractivity contribution is 5.89. The van der Waals surface area contributed by atoms with Gasteiger partial charge in [0.2, 0.25) is 0 Å². The molecule has 7 heteroatoms. The fraction of sp³-hybridized carbons (Fsp3) is 0.606. The van der Waals surface area contributed by atoms with Crippen LogP contribution >= 0.6 is 0 Å². The molecule has 2 atom stereocenters. The number of hydrogen-bond acceptors (Lipinski definition) is 5. The van der Waals surface area contributed by atoms with Crippen molar-refractivity contribution in [3.05, 3.63) is 53.6 Å². The topological polar surface area (TPSA) is 71.0 Å². The third-order valence-electron chi connectivity index (χ3n) is 8.66. The van der Waals surface area contributed by atoms with Gasteiger partial charge in [0.25, 0.3) is 0 Å². The number of aryl methyl sites for hydroxylation is 2. The maximum atomic E-state index is 14.5. The van der Waals surface area contributed by atoms with Crippen molar-refractivity contribution in [1.29, 1.82) is 0 Å². The van der Waals surface area contributed by atoms with Crippen LogP contribution in [0.3, 0.4) is 0 Å². The Balaban J connectivity index is 1.41. The third-order valence-corrected chi connectivity index (χ3v) is 8.66. The van der Waals surface area contributed by atoms with Crippen LogP contribution in [0, 0.1) is 13.8 Å². The van der Waals surface area contributed by atoms with Crippen molar-refractivity contribution >= 4 is 11.7 Å². The summed E-state index contributed by atoms with van der Waals surface area (Å²) in [5.41, 5.74) is 3.42. The summed E-state index contributed by atoms with van der Waals surface area (Å²) in [5, 5.41) is 14.4. The van der Waals surface area contributed by atoms with Crippen molar-refractivity contribution in [1.82, 2.24) is 5.32 Å². The van der Waals surface area contributed by atoms with Gasteiger partial charge in [-0.05, 0) is 56.4 Å². The Bertz CT molecular complexity index is 1080. The predicted octanol–water partition coefficient (Wildman–Crippen LogP) is 5.99. The number of aliphatic hydroxyl groups is 1. The van der Waals surface area contributed by atoms with E-state index in [2.05, 4.69) is 56.1 Å². The van der Waals surface area contributed by atoms with Crippen LogP contribution in [0.25, 0.3) is 0 Å². The summed E-state index contributed by atoms with van der Waals surface area (Å²) in [6, 6.07) is 14.4. The van der Waals surface area contributed by atoms with E-state index in [1.54, 1.807) is 0 Å². The summed E-state index contributed by atoms with van der Waals surface area (Å²) in [4.78, 5) is 16.6. The van der Waals surface area contributed by atoms with Crippen molar-refractivity contribution in [2.45, 2.75) is 90.9 Å². The highest BCUT2D eigenvalue weighted by Gasteiger charge is 2.44. The molecule has 2 unspecified atom stereocenters. The van der Waals surface area contributed by atoms with E-state index < -0.39 is 12.2 Å². The minimum Gasteiger partial charge on any atom is -0.486 e. The number of aliphatic hydroxyl groups excluding tert-OH is 1. The van der Waals surface area contributed by atoms with Gasteiger partial charge in [0, 0.05) is 32.0 Å². The van der Waals surface area contributed by atoms with Crippen LogP contribution in [0.4, 0.5) is 10.5 Å². The average Bonchev–Trinajstić information content (AvgIpc) is 2.97. The molecule has 4 rings (SSSR count). The summed E-state index contributed by atoms with van der Waals surface area (Å²) in [5.74, 6) is 1.40. The Morgan fingerprint density at radius 2 is 1.68 bits per heavy atom. The molecule has 7 nitrogen and oxygen atoms in total. The van der Waals surface area contributed by atoms with Crippen molar-refractivity contribution in [2.75, 3.05) is 44.2 Å². The predicted molar refractivity (Wildman–Crippen MR) is 161 cm³/mol. The summed E-state index contributed by atoms with van der Waals surface area (Å²) < 4.78 is 12.3. The van der Waals surface area contributed by atoms with Gasteiger partial charge in [-0.2, -0.15) is 0 Å². The van der Waals surface area contributed by atoms with Gasteiger partial charge in [0.1, 0.15) is 12.7 Å². The number of likely N-dealkylation sites (tertiary alicyclic amines) is 1. The molecule has 2 aromatic carbocycles. The SMILES string of the molecule is CCCCC[N+]1(C(=O)N(CCCC)c2c(C)cccc2C)CCC(NCC(O)C2COc3ccccc3O2)CC1. The number of rotatable bonds is 12. The van der Waals surface area contributed by atoms with E-state index in [4.69, 9.17) is 9.47 Å². The van der Waals surface area contributed by atoms with Crippen molar-refractivity contribution < 1.29 is 23.9 Å². The number of piperidine rings is 1. The summed E-state index contributed by atoms with van der Waals surface area (Å²) in [7, 11) is 0. The van der Waals surface area contributed by atoms with Gasteiger partial charge in [-0.3, -0.25) is 4.90 Å². The number of nitrogens with zero attached hydrogens (tertiary/aromatic N) is 2. The maximum absolute atomic E-state index is 14.5. The first-order valence-corrected chi connectivity index (χ1v) is 15.4. The van der Waals surface area contributed by atoms with Gasteiger partial charge in [-0.1, -0.05) is 57.0 Å². The molecule has 0 aliphatic carbocycles. The Hall–Kier alpha value is -2.61. The van der Waals surface area contributed by atoms with Gasteiger partial charge in [-0.15, -0.1) is 0 Å². The highest BCUT2D eigenvalue weighted by Crippen LogP contribution is 2.33. The number of quaternary nitrogens is 1. The van der Waals surface area contributed by atoms with E-state index in [1.807, 2.05) is 24.3 Å². The molecule has 0 spiro atoms. The Morgan fingerprint density at radius 3 is 2.35 bits per heavy atom. The molecule has 0 saturated carbocycles. The minimum atomic E-state index is -0.672. The zero-order valence-corrected chi connectivity index (χ0v) is 25.0. The minimum absolute atomic E-state index is 0.256. The molecule has 2 N–H and O–H groups in total. The number of anilines is 1. The first-order valence-electron chi connectivity index (χ1n) is 15.4. The Kier molecular flexibility index (Phi) is 10.9. The van der Waals surface area contributed by atoms with Gasteiger partial charge >= 0.3 is 6.03 Å². The number of unbranched alkanes of at least 4 members (excludes halogenated alkanes) is 3. The number of benzene rings is 2. The normalized spacial score (nSPS) is 23.0. The fourth-order valence-corrected chi connectivity index (χ4v) is 6.19. The molecule has 1 saturated heterocycles. The molecule has 2 aliphatic rings.